The van der Waals surface area contributed by atoms with Crippen molar-refractivity contribution < 1.29 is 28.9 Å². The Kier molecular flexibility index (Phi) is 7.05. The molecule has 0 aliphatic carbocycles. The van der Waals surface area contributed by atoms with Gasteiger partial charge >= 0.3 is 12.1 Å². The molecule has 0 fully saturated rings. The fourth-order valence-electron chi connectivity index (χ4n) is 2.34. The Balaban J connectivity index is 1.74. The highest BCUT2D eigenvalue weighted by atomic mass is 16.6. The van der Waals surface area contributed by atoms with Crippen LogP contribution in [0.4, 0.5) is 4.79 Å². The normalized spacial score (nSPS) is 11.1. The van der Waals surface area contributed by atoms with Gasteiger partial charge in [0, 0.05) is 5.75 Å². The van der Waals surface area contributed by atoms with Crippen molar-refractivity contribution in [3.63, 3.8) is 0 Å². The highest BCUT2D eigenvalue weighted by molar-refractivity contribution is 5.93. The average Bonchev–Trinajstić information content (AvgIpc) is 2.78. The monoisotopic (exact) mass is 404 g/mol. The van der Waals surface area contributed by atoms with Crippen molar-refractivity contribution in [3.8, 4) is 11.5 Å². The molecule has 7 nitrogen and oxygen atoms in total. The molecule has 1 amide bonds. The SMILES string of the molecule is O=C(N/C(C(=O)Oc1ccccc1)=C(\[O-])Oc1ccccc1)OCc1ccccc1. The van der Waals surface area contributed by atoms with E-state index >= 15 is 0 Å². The zero-order chi connectivity index (χ0) is 21.2. The molecular formula is C23H18NO6-. The third-order valence-electron chi connectivity index (χ3n) is 3.76. The summed E-state index contributed by atoms with van der Waals surface area (Å²) in [6, 6.07) is 25.2. The number of ether oxygens (including phenoxy) is 3. The number of carbonyl (C=O) groups is 2. The molecule has 152 valence electrons. The van der Waals surface area contributed by atoms with Gasteiger partial charge in [-0.05, 0) is 29.8 Å². The summed E-state index contributed by atoms with van der Waals surface area (Å²) in [7, 11) is 0. The summed E-state index contributed by atoms with van der Waals surface area (Å²) in [5, 5.41) is 14.7. The van der Waals surface area contributed by atoms with Crippen molar-refractivity contribution in [1.82, 2.24) is 5.32 Å². The number of alkyl carbamates (subject to hydrolysis) is 1. The lowest BCUT2D eigenvalue weighted by Crippen LogP contribution is -2.35. The Morgan fingerprint density at radius 3 is 1.80 bits per heavy atom. The molecule has 3 rings (SSSR count). The number of esters is 1. The van der Waals surface area contributed by atoms with Gasteiger partial charge in [-0.3, -0.25) is 5.32 Å². The van der Waals surface area contributed by atoms with Gasteiger partial charge in [0.1, 0.15) is 12.4 Å². The van der Waals surface area contributed by atoms with E-state index in [4.69, 9.17) is 14.2 Å². The maximum absolute atomic E-state index is 12.5. The van der Waals surface area contributed by atoms with E-state index in [0.29, 0.717) is 0 Å². The minimum atomic E-state index is -1.08. The van der Waals surface area contributed by atoms with Gasteiger partial charge in [0.25, 0.3) is 0 Å². The Morgan fingerprint density at radius 1 is 0.733 bits per heavy atom. The molecule has 3 aromatic rings. The average molecular weight is 404 g/mol. The van der Waals surface area contributed by atoms with E-state index in [2.05, 4.69) is 5.32 Å². The Labute approximate surface area is 173 Å². The van der Waals surface area contributed by atoms with Crippen LogP contribution in [0.2, 0.25) is 0 Å². The van der Waals surface area contributed by atoms with Gasteiger partial charge < -0.3 is 19.3 Å². The van der Waals surface area contributed by atoms with Gasteiger partial charge in [-0.2, -0.15) is 0 Å². The van der Waals surface area contributed by atoms with E-state index in [1.165, 1.54) is 24.3 Å². The number of benzene rings is 3. The van der Waals surface area contributed by atoms with Gasteiger partial charge in [0.15, 0.2) is 5.70 Å². The number of hydrogen-bond acceptors (Lipinski definition) is 6. The zero-order valence-electron chi connectivity index (χ0n) is 15.8. The quantitative estimate of drug-likeness (QED) is 0.281. The molecule has 3 aromatic carbocycles. The minimum Gasteiger partial charge on any atom is -0.578 e. The predicted molar refractivity (Wildman–Crippen MR) is 106 cm³/mol. The smallest absolute Gasteiger partial charge is 0.412 e. The number of rotatable bonds is 7. The molecule has 0 atom stereocenters. The summed E-state index contributed by atoms with van der Waals surface area (Å²) in [4.78, 5) is 24.7. The van der Waals surface area contributed by atoms with Gasteiger partial charge in [0.05, 0.1) is 5.95 Å². The zero-order valence-corrected chi connectivity index (χ0v) is 15.8. The first-order valence-corrected chi connectivity index (χ1v) is 9.01. The Bertz CT molecular complexity index is 1000. The van der Waals surface area contributed by atoms with Gasteiger partial charge in [-0.1, -0.05) is 66.7 Å². The Morgan fingerprint density at radius 2 is 1.23 bits per heavy atom. The van der Waals surface area contributed by atoms with Crippen LogP contribution in [0.3, 0.4) is 0 Å². The maximum Gasteiger partial charge on any atom is 0.412 e. The van der Waals surface area contributed by atoms with Crippen LogP contribution < -0.4 is 19.9 Å². The van der Waals surface area contributed by atoms with Crippen molar-refractivity contribution in [2.24, 2.45) is 0 Å². The molecule has 0 aliphatic heterocycles. The first kappa shape index (κ1) is 20.5. The van der Waals surface area contributed by atoms with Crippen molar-refractivity contribution >= 4 is 12.1 Å². The largest absolute Gasteiger partial charge is 0.578 e. The lowest BCUT2D eigenvalue weighted by Gasteiger charge is -2.20. The second kappa shape index (κ2) is 10.3. The van der Waals surface area contributed by atoms with Crippen LogP contribution in [0, 0.1) is 0 Å². The van der Waals surface area contributed by atoms with Crippen LogP contribution in [0.25, 0.3) is 0 Å². The number of nitrogens with one attached hydrogen (secondary N) is 1. The fourth-order valence-corrected chi connectivity index (χ4v) is 2.34. The van der Waals surface area contributed by atoms with E-state index in [1.54, 1.807) is 60.7 Å². The van der Waals surface area contributed by atoms with Crippen LogP contribution >= 0.6 is 0 Å². The van der Waals surface area contributed by atoms with Gasteiger partial charge in [-0.25, -0.2) is 9.59 Å². The van der Waals surface area contributed by atoms with Crippen LogP contribution in [0.1, 0.15) is 5.56 Å². The summed E-state index contributed by atoms with van der Waals surface area (Å²) in [5.74, 6) is -1.77. The molecule has 0 spiro atoms. The van der Waals surface area contributed by atoms with E-state index in [0.717, 1.165) is 5.56 Å². The minimum absolute atomic E-state index is 0.0403. The van der Waals surface area contributed by atoms with Crippen molar-refractivity contribution in [1.29, 1.82) is 0 Å². The number of hydrogen-bond donors (Lipinski definition) is 1. The first-order chi connectivity index (χ1) is 14.6. The molecule has 0 saturated carbocycles. The number of amides is 1. The fraction of sp³-hybridized carbons (Fsp3) is 0.0435. The van der Waals surface area contributed by atoms with Crippen LogP contribution in [0.5, 0.6) is 11.5 Å². The third-order valence-corrected chi connectivity index (χ3v) is 3.76. The third kappa shape index (κ3) is 6.13. The van der Waals surface area contributed by atoms with E-state index < -0.39 is 23.7 Å². The lowest BCUT2D eigenvalue weighted by molar-refractivity contribution is -0.344. The maximum atomic E-state index is 12.5. The van der Waals surface area contributed by atoms with Gasteiger partial charge in [0.2, 0.25) is 0 Å². The molecule has 0 aliphatic rings. The molecular weight excluding hydrogens is 386 g/mol. The highest BCUT2D eigenvalue weighted by Crippen LogP contribution is 2.15. The second-order valence-electron chi connectivity index (χ2n) is 5.97. The summed E-state index contributed by atoms with van der Waals surface area (Å²) in [6.07, 6.45) is -0.996. The van der Waals surface area contributed by atoms with E-state index in [9.17, 15) is 14.7 Å². The van der Waals surface area contributed by atoms with Crippen molar-refractivity contribution in [3.05, 3.63) is 108 Å². The number of para-hydroxylation sites is 2. The standard InChI is InChI=1S/C23H19NO6/c25-21(29-18-12-6-2-7-13-18)20(22(26)30-19-14-8-3-9-15-19)24-23(27)28-16-17-10-4-1-5-11-17/h1-15,25H,16H2,(H,24,27)/p-1/b21-20+. The van der Waals surface area contributed by atoms with Crippen LogP contribution in [-0.4, -0.2) is 12.1 Å². The summed E-state index contributed by atoms with van der Waals surface area (Å²) in [5.41, 5.74) is 0.0358. The molecule has 30 heavy (non-hydrogen) atoms. The van der Waals surface area contributed by atoms with Crippen molar-refractivity contribution in [2.45, 2.75) is 6.61 Å². The summed E-state index contributed by atoms with van der Waals surface area (Å²) >= 11 is 0. The summed E-state index contributed by atoms with van der Waals surface area (Å²) in [6.45, 7) is -0.0403. The van der Waals surface area contributed by atoms with E-state index in [-0.39, 0.29) is 18.1 Å². The number of carbonyl (C=O) groups excluding carboxylic acids is 2. The second-order valence-corrected chi connectivity index (χ2v) is 5.97. The topological polar surface area (TPSA) is 96.9 Å². The van der Waals surface area contributed by atoms with Crippen molar-refractivity contribution in [2.75, 3.05) is 0 Å². The van der Waals surface area contributed by atoms with Gasteiger partial charge in [-0.15, -0.1) is 0 Å². The molecule has 1 N–H and O–H groups in total. The molecule has 0 bridgehead atoms. The molecule has 0 saturated heterocycles. The first-order valence-electron chi connectivity index (χ1n) is 9.01. The Hall–Kier alpha value is -4.26. The highest BCUT2D eigenvalue weighted by Gasteiger charge is 2.19. The predicted octanol–water partition coefficient (Wildman–Crippen LogP) is 3.13. The summed E-state index contributed by atoms with van der Waals surface area (Å²) < 4.78 is 15.4. The molecule has 0 heterocycles. The molecule has 0 radical (unpaired) electrons. The lowest BCUT2D eigenvalue weighted by atomic mass is 10.2. The van der Waals surface area contributed by atoms with Crippen LogP contribution in [0.15, 0.2) is 103 Å². The van der Waals surface area contributed by atoms with E-state index in [1.807, 2.05) is 6.07 Å². The molecule has 0 aromatic heterocycles. The van der Waals surface area contributed by atoms with Crippen LogP contribution in [-0.2, 0) is 16.1 Å². The molecule has 0 unspecified atom stereocenters. The molecule has 7 heteroatoms.